The maximum absolute atomic E-state index is 13.3. The summed E-state index contributed by atoms with van der Waals surface area (Å²) in [6, 6.07) is 12.3. The minimum absolute atomic E-state index is 0.00770. The molecule has 0 saturated carbocycles. The Morgan fingerprint density at radius 3 is 2.56 bits per heavy atom. The molecule has 0 saturated heterocycles. The van der Waals surface area contributed by atoms with Crippen molar-refractivity contribution in [3.8, 4) is 11.1 Å². The van der Waals surface area contributed by atoms with Crippen LogP contribution in [-0.2, 0) is 16.8 Å². The van der Waals surface area contributed by atoms with Gasteiger partial charge in [-0.25, -0.2) is 4.39 Å². The van der Waals surface area contributed by atoms with Gasteiger partial charge < -0.3 is 4.90 Å². The molecule has 0 radical (unpaired) electrons. The van der Waals surface area contributed by atoms with Crippen LogP contribution in [-0.4, -0.2) is 5.91 Å². The molecule has 0 bridgehead atoms. The number of benzene rings is 2. The number of fused-ring (bicyclic) bond motifs is 3. The number of hydrogen-bond donors (Lipinski definition) is 0. The molecule has 3 aromatic rings. The van der Waals surface area contributed by atoms with E-state index < -0.39 is 5.54 Å². The second-order valence-corrected chi connectivity index (χ2v) is 10.1. The van der Waals surface area contributed by atoms with Crippen molar-refractivity contribution in [3.05, 3.63) is 68.1 Å². The van der Waals surface area contributed by atoms with Gasteiger partial charge in [-0.05, 0) is 50.6 Å². The Labute approximate surface area is 170 Å². The molecule has 1 aliphatic rings. The Balaban J connectivity index is 1.84. The van der Waals surface area contributed by atoms with Crippen LogP contribution in [0.2, 0.25) is 0 Å². The minimum Gasteiger partial charge on any atom is -0.301 e. The van der Waals surface area contributed by atoms with E-state index in [0.29, 0.717) is 0 Å². The fourth-order valence-electron chi connectivity index (χ4n) is 3.65. The molecular formula is C21H18FNOS3. The zero-order valence-electron chi connectivity index (χ0n) is 15.2. The van der Waals surface area contributed by atoms with Gasteiger partial charge in [-0.3, -0.25) is 4.79 Å². The molecule has 1 aliphatic heterocycles. The van der Waals surface area contributed by atoms with Crippen LogP contribution < -0.4 is 4.90 Å². The molecule has 2 heterocycles. The van der Waals surface area contributed by atoms with Crippen LogP contribution in [0.5, 0.6) is 0 Å². The smallest absolute Gasteiger partial charge is 0.232 e. The van der Waals surface area contributed by atoms with Crippen molar-refractivity contribution in [1.82, 2.24) is 0 Å². The molecule has 0 aliphatic carbocycles. The molecular weight excluding hydrogens is 397 g/mol. The highest BCUT2D eigenvalue weighted by Gasteiger charge is 2.42. The third-order valence-corrected chi connectivity index (χ3v) is 8.26. The average molecular weight is 416 g/mol. The van der Waals surface area contributed by atoms with Gasteiger partial charge in [-0.2, -0.15) is 0 Å². The quantitative estimate of drug-likeness (QED) is 0.353. The van der Waals surface area contributed by atoms with Gasteiger partial charge in [-0.1, -0.05) is 56.7 Å². The molecule has 1 aromatic heterocycles. The number of amides is 1. The highest BCUT2D eigenvalue weighted by atomic mass is 32.9. The Bertz CT molecular complexity index is 1100. The van der Waals surface area contributed by atoms with Crippen molar-refractivity contribution in [2.24, 2.45) is 0 Å². The fraction of sp³-hybridized carbons (Fsp3) is 0.238. The second-order valence-electron chi connectivity index (χ2n) is 7.27. The van der Waals surface area contributed by atoms with Crippen molar-refractivity contribution < 1.29 is 9.18 Å². The molecule has 6 heteroatoms. The normalized spacial score (nSPS) is 14.6. The van der Waals surface area contributed by atoms with Crippen LogP contribution in [0.15, 0.2) is 42.5 Å². The van der Waals surface area contributed by atoms with E-state index in [4.69, 9.17) is 12.2 Å². The molecule has 0 N–H and O–H groups in total. The topological polar surface area (TPSA) is 20.3 Å². The summed E-state index contributed by atoms with van der Waals surface area (Å²) in [6.45, 7) is 6.17. The van der Waals surface area contributed by atoms with Gasteiger partial charge in [0.05, 0.1) is 22.5 Å². The van der Waals surface area contributed by atoms with E-state index in [-0.39, 0.29) is 18.1 Å². The number of carbonyl (C=O) groups is 1. The van der Waals surface area contributed by atoms with Gasteiger partial charge in [0.25, 0.3) is 0 Å². The number of carbonyl (C=O) groups excluding carboxylic acids is 1. The first kappa shape index (κ1) is 18.5. The minimum atomic E-state index is -0.493. The first-order chi connectivity index (χ1) is 12.8. The summed E-state index contributed by atoms with van der Waals surface area (Å²) in [6.07, 6.45) is 0.224. The summed E-state index contributed by atoms with van der Waals surface area (Å²) in [7, 11) is 3.24. The lowest BCUT2D eigenvalue weighted by atomic mass is 9.86. The van der Waals surface area contributed by atoms with Gasteiger partial charge in [-0.15, -0.1) is 0 Å². The zero-order valence-corrected chi connectivity index (χ0v) is 17.7. The molecule has 138 valence electrons. The van der Waals surface area contributed by atoms with Crippen LogP contribution >= 0.6 is 32.9 Å². The second kappa shape index (κ2) is 6.62. The highest BCUT2D eigenvalue weighted by Crippen LogP contribution is 2.52. The van der Waals surface area contributed by atoms with E-state index in [0.717, 1.165) is 36.6 Å². The first-order valence-corrected chi connectivity index (χ1v) is 11.2. The van der Waals surface area contributed by atoms with Gasteiger partial charge in [0, 0.05) is 11.1 Å². The van der Waals surface area contributed by atoms with E-state index in [2.05, 4.69) is 19.9 Å². The van der Waals surface area contributed by atoms with E-state index in [1.165, 1.54) is 12.1 Å². The monoisotopic (exact) mass is 415 g/mol. The highest BCUT2D eigenvalue weighted by molar-refractivity contribution is 7.80. The molecule has 2 aromatic carbocycles. The van der Waals surface area contributed by atoms with Crippen molar-refractivity contribution in [3.63, 3.8) is 0 Å². The predicted molar refractivity (Wildman–Crippen MR) is 114 cm³/mol. The summed E-state index contributed by atoms with van der Waals surface area (Å²) in [4.78, 5) is 16.4. The maximum atomic E-state index is 13.3. The molecule has 2 nitrogen and oxygen atoms in total. The Hall–Kier alpha value is -1.89. The first-order valence-electron chi connectivity index (χ1n) is 8.61. The molecule has 27 heavy (non-hydrogen) atoms. The standard InChI is InChI=1S/C21H18FNOS3/c1-12-4-9-16-15(10-12)18-19(26-27-20(18)25)21(2,3)23(16)17(24)11-13-5-7-14(22)8-6-13/h4-10H,11H2,1-3H3. The van der Waals surface area contributed by atoms with Crippen LogP contribution in [0.1, 0.15) is 29.9 Å². The predicted octanol–water partition coefficient (Wildman–Crippen LogP) is 6.48. The number of nitrogens with zero attached hydrogens (tertiary/aromatic N) is 1. The Morgan fingerprint density at radius 2 is 1.85 bits per heavy atom. The zero-order chi connectivity index (χ0) is 19.3. The summed E-state index contributed by atoms with van der Waals surface area (Å²) >= 11 is 5.61. The average Bonchev–Trinajstić information content (AvgIpc) is 3.00. The molecule has 0 spiro atoms. The largest absolute Gasteiger partial charge is 0.301 e. The van der Waals surface area contributed by atoms with E-state index in [9.17, 15) is 9.18 Å². The third kappa shape index (κ3) is 3.06. The molecule has 0 unspecified atom stereocenters. The third-order valence-electron chi connectivity index (χ3n) is 4.93. The SMILES string of the molecule is Cc1ccc2c(c1)-c1c(ssc1=S)C(C)(C)N2C(=O)Cc1ccc(F)cc1. The van der Waals surface area contributed by atoms with Crippen molar-refractivity contribution in [2.75, 3.05) is 4.90 Å². The summed E-state index contributed by atoms with van der Waals surface area (Å²) in [5, 5.41) is 0. The fourth-order valence-corrected chi connectivity index (χ4v) is 6.93. The lowest BCUT2D eigenvalue weighted by Crippen LogP contribution is -2.48. The van der Waals surface area contributed by atoms with Crippen LogP contribution in [0.3, 0.4) is 0 Å². The number of anilines is 1. The number of hydrogen-bond acceptors (Lipinski definition) is 4. The Morgan fingerprint density at radius 1 is 1.15 bits per heavy atom. The summed E-state index contributed by atoms with van der Waals surface area (Å²) in [5.74, 6) is -0.306. The number of aryl methyl sites for hydroxylation is 1. The van der Waals surface area contributed by atoms with Crippen LogP contribution in [0.4, 0.5) is 10.1 Å². The summed E-state index contributed by atoms with van der Waals surface area (Å²) in [5.41, 5.74) is 4.45. The van der Waals surface area contributed by atoms with E-state index in [1.807, 2.05) is 24.0 Å². The maximum Gasteiger partial charge on any atom is 0.232 e. The van der Waals surface area contributed by atoms with Crippen molar-refractivity contribution >= 4 is 44.5 Å². The van der Waals surface area contributed by atoms with Gasteiger partial charge in [0.2, 0.25) is 5.91 Å². The van der Waals surface area contributed by atoms with Crippen LogP contribution in [0.25, 0.3) is 11.1 Å². The van der Waals surface area contributed by atoms with Gasteiger partial charge in [0.15, 0.2) is 0 Å². The lowest BCUT2D eigenvalue weighted by molar-refractivity contribution is -0.119. The molecule has 0 fully saturated rings. The van der Waals surface area contributed by atoms with Crippen molar-refractivity contribution in [2.45, 2.75) is 32.7 Å². The number of halogens is 1. The summed E-state index contributed by atoms with van der Waals surface area (Å²) < 4.78 is 14.1. The van der Waals surface area contributed by atoms with Gasteiger partial charge in [0.1, 0.15) is 9.64 Å². The number of rotatable bonds is 2. The Kier molecular flexibility index (Phi) is 4.53. The molecule has 4 rings (SSSR count). The van der Waals surface area contributed by atoms with Crippen LogP contribution in [0, 0.1) is 16.6 Å². The van der Waals surface area contributed by atoms with E-state index in [1.54, 1.807) is 32.8 Å². The van der Waals surface area contributed by atoms with Gasteiger partial charge >= 0.3 is 0 Å². The lowest BCUT2D eigenvalue weighted by Gasteiger charge is -2.43. The van der Waals surface area contributed by atoms with Crippen molar-refractivity contribution in [1.29, 1.82) is 0 Å². The molecule has 1 amide bonds. The van der Waals surface area contributed by atoms with E-state index >= 15 is 0 Å². The molecule has 0 atom stereocenters.